The minimum atomic E-state index is -0.101. The molecule has 0 spiro atoms. The van der Waals surface area contributed by atoms with Gasteiger partial charge in [-0.25, -0.2) is 15.0 Å². The third kappa shape index (κ3) is 4.47. The number of pyridine rings is 1. The zero-order valence-electron chi connectivity index (χ0n) is 15.2. The molecule has 0 radical (unpaired) electrons. The lowest BCUT2D eigenvalue weighted by molar-refractivity contribution is 0.0515. The van der Waals surface area contributed by atoms with E-state index in [1.807, 2.05) is 6.92 Å². The second kappa shape index (κ2) is 8.60. The normalized spacial score (nSPS) is 17.0. The molecule has 1 aliphatic rings. The number of carbonyl (C=O) groups is 1. The number of nitrogens with zero attached hydrogens (tertiary/aromatic N) is 4. The summed E-state index contributed by atoms with van der Waals surface area (Å²) in [5.74, 6) is 0.479. The summed E-state index contributed by atoms with van der Waals surface area (Å²) in [5, 5.41) is 0. The standard InChI is InChI=1S/C19H24N4O3/c1-3-14-10-21-19(22-11-14)26-16-6-5-9-23(13-16)18(24)15-7-8-17(20-12-15)25-4-2/h7-8,10-12,16H,3-6,9,13H2,1-2H3. The summed E-state index contributed by atoms with van der Waals surface area (Å²) in [6, 6.07) is 3.83. The molecule has 2 aromatic heterocycles. The fraction of sp³-hybridized carbons (Fsp3) is 0.474. The van der Waals surface area contributed by atoms with E-state index in [9.17, 15) is 4.79 Å². The predicted octanol–water partition coefficient (Wildman–Crippen LogP) is 2.52. The molecule has 1 fully saturated rings. The van der Waals surface area contributed by atoms with Crippen LogP contribution in [0.2, 0.25) is 0 Å². The van der Waals surface area contributed by atoms with Gasteiger partial charge in [-0.05, 0) is 37.8 Å². The molecule has 0 aliphatic carbocycles. The lowest BCUT2D eigenvalue weighted by atomic mass is 10.1. The Hall–Kier alpha value is -2.70. The molecule has 138 valence electrons. The van der Waals surface area contributed by atoms with Gasteiger partial charge < -0.3 is 14.4 Å². The minimum absolute atomic E-state index is 0.0453. The Labute approximate surface area is 153 Å². The summed E-state index contributed by atoms with van der Waals surface area (Å²) in [4.78, 5) is 27.1. The first-order valence-electron chi connectivity index (χ1n) is 9.05. The van der Waals surface area contributed by atoms with Gasteiger partial charge in [-0.2, -0.15) is 0 Å². The maximum Gasteiger partial charge on any atom is 0.316 e. The number of hydrogen-bond donors (Lipinski definition) is 0. The van der Waals surface area contributed by atoms with Crippen LogP contribution in [0.1, 0.15) is 42.6 Å². The first-order valence-corrected chi connectivity index (χ1v) is 9.05. The number of carbonyl (C=O) groups excluding carboxylic acids is 1. The molecule has 1 atom stereocenters. The Morgan fingerprint density at radius 1 is 1.19 bits per heavy atom. The minimum Gasteiger partial charge on any atom is -0.478 e. The van der Waals surface area contributed by atoms with E-state index in [4.69, 9.17) is 9.47 Å². The van der Waals surface area contributed by atoms with Gasteiger partial charge in [-0.3, -0.25) is 4.79 Å². The predicted molar refractivity (Wildman–Crippen MR) is 96.4 cm³/mol. The molecule has 1 saturated heterocycles. The smallest absolute Gasteiger partial charge is 0.316 e. The van der Waals surface area contributed by atoms with E-state index in [0.717, 1.165) is 24.8 Å². The maximum atomic E-state index is 12.7. The van der Waals surface area contributed by atoms with Crippen LogP contribution in [0, 0.1) is 0 Å². The molecule has 0 aromatic carbocycles. The van der Waals surface area contributed by atoms with Gasteiger partial charge in [0, 0.05) is 31.2 Å². The van der Waals surface area contributed by atoms with Crippen LogP contribution in [0.25, 0.3) is 0 Å². The van der Waals surface area contributed by atoms with Crippen molar-refractivity contribution in [3.63, 3.8) is 0 Å². The van der Waals surface area contributed by atoms with Crippen LogP contribution in [0.15, 0.2) is 30.7 Å². The summed E-state index contributed by atoms with van der Waals surface area (Å²) in [7, 11) is 0. The van der Waals surface area contributed by atoms with Crippen molar-refractivity contribution in [1.82, 2.24) is 19.9 Å². The van der Waals surface area contributed by atoms with Crippen LogP contribution in [-0.4, -0.2) is 51.6 Å². The number of ether oxygens (including phenoxy) is 2. The van der Waals surface area contributed by atoms with E-state index in [1.165, 1.54) is 0 Å². The van der Waals surface area contributed by atoms with E-state index < -0.39 is 0 Å². The third-order valence-corrected chi connectivity index (χ3v) is 4.30. The van der Waals surface area contributed by atoms with Gasteiger partial charge >= 0.3 is 6.01 Å². The van der Waals surface area contributed by atoms with Crippen LogP contribution >= 0.6 is 0 Å². The van der Waals surface area contributed by atoms with E-state index in [-0.39, 0.29) is 12.0 Å². The SMILES string of the molecule is CCOc1ccc(C(=O)N2CCCC(Oc3ncc(CC)cn3)C2)cn1. The summed E-state index contributed by atoms with van der Waals surface area (Å²) in [6.07, 6.45) is 7.67. The molecule has 2 aromatic rings. The van der Waals surface area contributed by atoms with Gasteiger partial charge in [0.05, 0.1) is 18.7 Å². The van der Waals surface area contributed by atoms with Crippen molar-refractivity contribution in [2.24, 2.45) is 0 Å². The molecule has 26 heavy (non-hydrogen) atoms. The van der Waals surface area contributed by atoms with Gasteiger partial charge in [-0.1, -0.05) is 6.92 Å². The first kappa shape index (κ1) is 18.1. The Morgan fingerprint density at radius 3 is 2.65 bits per heavy atom. The Bertz CT molecular complexity index is 719. The largest absolute Gasteiger partial charge is 0.478 e. The highest BCUT2D eigenvalue weighted by atomic mass is 16.5. The monoisotopic (exact) mass is 356 g/mol. The molecule has 0 N–H and O–H groups in total. The van der Waals surface area contributed by atoms with Gasteiger partial charge in [0.25, 0.3) is 5.91 Å². The quantitative estimate of drug-likeness (QED) is 0.791. The van der Waals surface area contributed by atoms with Gasteiger partial charge in [-0.15, -0.1) is 0 Å². The van der Waals surface area contributed by atoms with Crippen molar-refractivity contribution in [2.75, 3.05) is 19.7 Å². The molecule has 7 heteroatoms. The Kier molecular flexibility index (Phi) is 5.99. The van der Waals surface area contributed by atoms with Crippen molar-refractivity contribution in [2.45, 2.75) is 39.2 Å². The van der Waals surface area contributed by atoms with Crippen LogP contribution in [0.4, 0.5) is 0 Å². The second-order valence-electron chi connectivity index (χ2n) is 6.18. The highest BCUT2D eigenvalue weighted by molar-refractivity contribution is 5.94. The van der Waals surface area contributed by atoms with Crippen LogP contribution in [-0.2, 0) is 6.42 Å². The summed E-state index contributed by atoms with van der Waals surface area (Å²) < 4.78 is 11.2. The van der Waals surface area contributed by atoms with Crippen LogP contribution < -0.4 is 9.47 Å². The van der Waals surface area contributed by atoms with E-state index in [2.05, 4.69) is 21.9 Å². The topological polar surface area (TPSA) is 77.4 Å². The van der Waals surface area contributed by atoms with Gasteiger partial charge in [0.15, 0.2) is 0 Å². The number of likely N-dealkylation sites (tertiary alicyclic amines) is 1. The number of rotatable bonds is 6. The number of aryl methyl sites for hydroxylation is 1. The van der Waals surface area contributed by atoms with Gasteiger partial charge in [0.1, 0.15) is 6.10 Å². The molecular formula is C19H24N4O3. The lowest BCUT2D eigenvalue weighted by Gasteiger charge is -2.32. The van der Waals surface area contributed by atoms with Crippen LogP contribution in [0.5, 0.6) is 11.9 Å². The van der Waals surface area contributed by atoms with Crippen molar-refractivity contribution in [3.05, 3.63) is 41.9 Å². The number of aromatic nitrogens is 3. The fourth-order valence-electron chi connectivity index (χ4n) is 2.88. The third-order valence-electron chi connectivity index (χ3n) is 4.30. The molecule has 0 bridgehead atoms. The second-order valence-corrected chi connectivity index (χ2v) is 6.18. The molecule has 1 amide bonds. The highest BCUT2D eigenvalue weighted by Gasteiger charge is 2.26. The van der Waals surface area contributed by atoms with Gasteiger partial charge in [0.2, 0.25) is 5.88 Å². The average molecular weight is 356 g/mol. The lowest BCUT2D eigenvalue weighted by Crippen LogP contribution is -2.44. The van der Waals surface area contributed by atoms with Crippen molar-refractivity contribution < 1.29 is 14.3 Å². The average Bonchev–Trinajstić information content (AvgIpc) is 2.69. The van der Waals surface area contributed by atoms with Crippen molar-refractivity contribution >= 4 is 5.91 Å². The van der Waals surface area contributed by atoms with E-state index in [1.54, 1.807) is 35.6 Å². The molecule has 3 heterocycles. The zero-order valence-corrected chi connectivity index (χ0v) is 15.2. The summed E-state index contributed by atoms with van der Waals surface area (Å²) >= 11 is 0. The molecule has 1 unspecified atom stereocenters. The number of hydrogen-bond acceptors (Lipinski definition) is 6. The molecular weight excluding hydrogens is 332 g/mol. The molecule has 0 saturated carbocycles. The molecule has 3 rings (SSSR count). The van der Waals surface area contributed by atoms with Crippen molar-refractivity contribution in [3.8, 4) is 11.9 Å². The molecule has 7 nitrogen and oxygen atoms in total. The zero-order chi connectivity index (χ0) is 18.4. The molecule has 1 aliphatic heterocycles. The fourth-order valence-corrected chi connectivity index (χ4v) is 2.88. The van der Waals surface area contributed by atoms with Crippen molar-refractivity contribution in [1.29, 1.82) is 0 Å². The van der Waals surface area contributed by atoms with Crippen LogP contribution in [0.3, 0.4) is 0 Å². The maximum absolute atomic E-state index is 12.7. The summed E-state index contributed by atoms with van der Waals surface area (Å²) in [5.41, 5.74) is 1.62. The highest BCUT2D eigenvalue weighted by Crippen LogP contribution is 2.18. The first-order chi connectivity index (χ1) is 12.7. The Morgan fingerprint density at radius 2 is 2.00 bits per heavy atom. The van der Waals surface area contributed by atoms with E-state index in [0.29, 0.717) is 37.2 Å². The van der Waals surface area contributed by atoms with E-state index >= 15 is 0 Å². The Balaban J connectivity index is 1.60. The summed E-state index contributed by atoms with van der Waals surface area (Å²) in [6.45, 7) is 5.73. The number of amides is 1. The number of piperidine rings is 1.